The zero-order valence-corrected chi connectivity index (χ0v) is 20.9. The van der Waals surface area contributed by atoms with Crippen molar-refractivity contribution < 1.29 is 19.1 Å². The summed E-state index contributed by atoms with van der Waals surface area (Å²) in [6, 6.07) is 15.5. The summed E-state index contributed by atoms with van der Waals surface area (Å²) in [5.74, 6) is 1.28. The Hall–Kier alpha value is -3.58. The maximum atomic E-state index is 13.9. The predicted octanol–water partition coefficient (Wildman–Crippen LogP) is 5.20. The predicted molar refractivity (Wildman–Crippen MR) is 136 cm³/mol. The summed E-state index contributed by atoms with van der Waals surface area (Å²) in [4.78, 5) is 31.1. The van der Waals surface area contributed by atoms with E-state index < -0.39 is 0 Å². The average molecular weight is 489 g/mol. The Morgan fingerprint density at radius 2 is 1.80 bits per heavy atom. The standard InChI is InChI=1S/C28H28N2O4S/c1-18(31)29-12-10-19-7-4-5-8-21(19)23(29)17-27(32)30-13-11-20-15-24(33-2)25(34-3)16-22(20)28(30)26-9-6-14-35-26/h4-10,12,14-16,23,28H,11,13,17H2,1-3H3. The lowest BCUT2D eigenvalue weighted by molar-refractivity contribution is -0.136. The van der Waals surface area contributed by atoms with Crippen LogP contribution in [0.25, 0.3) is 6.08 Å². The number of benzene rings is 2. The Bertz CT molecular complexity index is 1280. The van der Waals surface area contributed by atoms with E-state index in [4.69, 9.17) is 9.47 Å². The molecule has 2 aliphatic rings. The Morgan fingerprint density at radius 1 is 1.03 bits per heavy atom. The Morgan fingerprint density at radius 3 is 2.51 bits per heavy atom. The van der Waals surface area contributed by atoms with Gasteiger partial charge in [0.25, 0.3) is 0 Å². The molecule has 0 radical (unpaired) electrons. The summed E-state index contributed by atoms with van der Waals surface area (Å²) in [6.07, 6.45) is 4.66. The topological polar surface area (TPSA) is 59.1 Å². The molecule has 2 unspecified atom stereocenters. The van der Waals surface area contributed by atoms with Gasteiger partial charge < -0.3 is 19.3 Å². The summed E-state index contributed by atoms with van der Waals surface area (Å²) >= 11 is 1.64. The lowest BCUT2D eigenvalue weighted by atomic mass is 9.89. The molecule has 2 aromatic carbocycles. The number of amides is 2. The third kappa shape index (κ3) is 4.21. The summed E-state index contributed by atoms with van der Waals surface area (Å²) in [5, 5.41) is 2.03. The van der Waals surface area contributed by atoms with Crippen LogP contribution in [-0.4, -0.2) is 42.4 Å². The highest BCUT2D eigenvalue weighted by molar-refractivity contribution is 7.10. The number of fused-ring (bicyclic) bond motifs is 2. The summed E-state index contributed by atoms with van der Waals surface area (Å²) < 4.78 is 11.1. The molecule has 6 nitrogen and oxygen atoms in total. The van der Waals surface area contributed by atoms with Gasteiger partial charge in [0.05, 0.1) is 32.7 Å². The first-order valence-electron chi connectivity index (χ1n) is 11.7. The zero-order valence-electron chi connectivity index (χ0n) is 20.1. The van der Waals surface area contributed by atoms with Crippen molar-refractivity contribution in [1.29, 1.82) is 0 Å². The first-order valence-corrected chi connectivity index (χ1v) is 12.5. The number of hydrogen-bond acceptors (Lipinski definition) is 5. The molecule has 0 spiro atoms. The molecule has 0 saturated carbocycles. The van der Waals surface area contributed by atoms with E-state index in [1.165, 1.54) is 0 Å². The lowest BCUT2D eigenvalue weighted by Gasteiger charge is -2.39. The SMILES string of the molecule is COc1cc2c(cc1OC)C(c1cccs1)N(C(=O)CC1c3ccccc3C=CN1C(C)=O)CC2. The third-order valence-electron chi connectivity index (χ3n) is 6.84. The minimum atomic E-state index is -0.336. The van der Waals surface area contributed by atoms with E-state index in [2.05, 4.69) is 6.07 Å². The molecule has 0 fully saturated rings. The first kappa shape index (κ1) is 23.2. The number of thiophene rings is 1. The highest BCUT2D eigenvalue weighted by Gasteiger charge is 2.36. The van der Waals surface area contributed by atoms with Crippen molar-refractivity contribution in [3.8, 4) is 11.5 Å². The van der Waals surface area contributed by atoms with Gasteiger partial charge in [-0.15, -0.1) is 11.3 Å². The average Bonchev–Trinajstić information content (AvgIpc) is 3.41. The van der Waals surface area contributed by atoms with Gasteiger partial charge in [-0.05, 0) is 58.3 Å². The summed E-state index contributed by atoms with van der Waals surface area (Å²) in [5.41, 5.74) is 4.24. The van der Waals surface area contributed by atoms with Gasteiger partial charge in [-0.25, -0.2) is 0 Å². The van der Waals surface area contributed by atoms with E-state index in [0.29, 0.717) is 18.0 Å². The third-order valence-corrected chi connectivity index (χ3v) is 7.77. The molecule has 35 heavy (non-hydrogen) atoms. The van der Waals surface area contributed by atoms with Crippen LogP contribution in [0.4, 0.5) is 0 Å². The van der Waals surface area contributed by atoms with Gasteiger partial charge in [-0.2, -0.15) is 0 Å². The van der Waals surface area contributed by atoms with Crippen molar-refractivity contribution in [2.45, 2.75) is 31.8 Å². The van der Waals surface area contributed by atoms with E-state index >= 15 is 0 Å². The van der Waals surface area contributed by atoms with Crippen molar-refractivity contribution in [1.82, 2.24) is 9.80 Å². The summed E-state index contributed by atoms with van der Waals surface area (Å²) in [7, 11) is 3.26. The van der Waals surface area contributed by atoms with Crippen molar-refractivity contribution in [3.63, 3.8) is 0 Å². The highest BCUT2D eigenvalue weighted by atomic mass is 32.1. The molecule has 0 bridgehead atoms. The monoisotopic (exact) mass is 488 g/mol. The number of methoxy groups -OCH3 is 2. The van der Waals surface area contributed by atoms with Crippen molar-refractivity contribution in [2.24, 2.45) is 0 Å². The molecule has 7 heteroatoms. The van der Waals surface area contributed by atoms with Gasteiger partial charge in [0.15, 0.2) is 11.5 Å². The molecule has 2 aliphatic heterocycles. The second kappa shape index (κ2) is 9.58. The number of ether oxygens (including phenoxy) is 2. The maximum Gasteiger partial charge on any atom is 0.225 e. The molecule has 5 rings (SSSR count). The minimum Gasteiger partial charge on any atom is -0.493 e. The first-order chi connectivity index (χ1) is 17.0. The van der Waals surface area contributed by atoms with Crippen molar-refractivity contribution >= 4 is 29.2 Å². The van der Waals surface area contributed by atoms with Crippen LogP contribution >= 0.6 is 11.3 Å². The highest BCUT2D eigenvalue weighted by Crippen LogP contribution is 2.43. The fraction of sp³-hybridized carbons (Fsp3) is 0.286. The van der Waals surface area contributed by atoms with Crippen LogP contribution in [0, 0.1) is 0 Å². The largest absolute Gasteiger partial charge is 0.493 e. The molecule has 0 aliphatic carbocycles. The van der Waals surface area contributed by atoms with E-state index in [-0.39, 0.29) is 30.3 Å². The maximum absolute atomic E-state index is 13.9. The number of nitrogens with zero attached hydrogens (tertiary/aromatic N) is 2. The van der Waals surface area contributed by atoms with E-state index in [1.807, 2.05) is 58.8 Å². The number of rotatable bonds is 5. The normalized spacial score (nSPS) is 18.6. The van der Waals surface area contributed by atoms with Gasteiger partial charge in [0, 0.05) is 24.5 Å². The second-order valence-electron chi connectivity index (χ2n) is 8.75. The number of carbonyl (C=O) groups is 2. The van der Waals surface area contributed by atoms with Crippen molar-refractivity contribution in [3.05, 3.63) is 87.2 Å². The lowest BCUT2D eigenvalue weighted by Crippen LogP contribution is -2.42. The van der Waals surface area contributed by atoms with Gasteiger partial charge in [-0.1, -0.05) is 30.3 Å². The number of hydrogen-bond donors (Lipinski definition) is 0. The van der Waals surface area contributed by atoms with E-state index in [0.717, 1.165) is 33.6 Å². The van der Waals surface area contributed by atoms with Crippen LogP contribution in [0.15, 0.2) is 60.1 Å². The molecule has 0 N–H and O–H groups in total. The van der Waals surface area contributed by atoms with Gasteiger partial charge in [0.1, 0.15) is 0 Å². The molecule has 2 atom stereocenters. The van der Waals surface area contributed by atoms with Crippen LogP contribution in [0.5, 0.6) is 11.5 Å². The Labute approximate surface area is 209 Å². The smallest absolute Gasteiger partial charge is 0.225 e. The molecule has 0 saturated heterocycles. The minimum absolute atomic E-state index is 0.0187. The fourth-order valence-corrected chi connectivity index (χ4v) is 6.02. The number of carbonyl (C=O) groups excluding carboxylic acids is 2. The second-order valence-corrected chi connectivity index (χ2v) is 9.73. The molecular weight excluding hydrogens is 460 g/mol. The molecule has 3 aromatic rings. The fourth-order valence-electron chi connectivity index (χ4n) is 5.16. The Kier molecular flexibility index (Phi) is 6.34. The van der Waals surface area contributed by atoms with E-state index in [9.17, 15) is 9.59 Å². The van der Waals surface area contributed by atoms with E-state index in [1.54, 1.807) is 43.6 Å². The molecule has 3 heterocycles. The molecule has 1 aromatic heterocycles. The van der Waals surface area contributed by atoms with Gasteiger partial charge in [-0.3, -0.25) is 9.59 Å². The quantitative estimate of drug-likeness (QED) is 0.495. The molecule has 2 amide bonds. The van der Waals surface area contributed by atoms with Crippen LogP contribution in [0.2, 0.25) is 0 Å². The van der Waals surface area contributed by atoms with Gasteiger partial charge in [0.2, 0.25) is 11.8 Å². The van der Waals surface area contributed by atoms with Crippen molar-refractivity contribution in [2.75, 3.05) is 20.8 Å². The summed E-state index contributed by atoms with van der Waals surface area (Å²) in [6.45, 7) is 2.13. The molecule has 180 valence electrons. The van der Waals surface area contributed by atoms with Gasteiger partial charge >= 0.3 is 0 Å². The van der Waals surface area contributed by atoms with Crippen LogP contribution in [0.3, 0.4) is 0 Å². The van der Waals surface area contributed by atoms with Crippen LogP contribution in [-0.2, 0) is 16.0 Å². The van der Waals surface area contributed by atoms with Crippen LogP contribution < -0.4 is 9.47 Å². The molecular formula is C28H28N2O4S. The zero-order chi connectivity index (χ0) is 24.5. The Balaban J connectivity index is 1.52. The van der Waals surface area contributed by atoms with Crippen LogP contribution in [0.1, 0.15) is 52.6 Å².